The van der Waals surface area contributed by atoms with Crippen LogP contribution in [0.5, 0.6) is 0 Å². The maximum Gasteiger partial charge on any atom is 0.343 e. The number of nitrogens with one attached hydrogen (secondary N) is 2. The van der Waals surface area contributed by atoms with Crippen molar-refractivity contribution < 1.29 is 28.8 Å². The van der Waals surface area contributed by atoms with Crippen LogP contribution in [0.15, 0.2) is 20.4 Å². The maximum atomic E-state index is 12.7. The number of nitrogens with zero attached hydrogens (tertiary/aromatic N) is 1. The number of rotatable bonds is 4. The van der Waals surface area contributed by atoms with E-state index in [0.717, 1.165) is 10.6 Å². The Labute approximate surface area is 168 Å². The minimum absolute atomic E-state index is 0.0425. The van der Waals surface area contributed by atoms with E-state index in [9.17, 15) is 24.3 Å². The summed E-state index contributed by atoms with van der Waals surface area (Å²) in [5, 5.41) is 9.53. The third-order valence-electron chi connectivity index (χ3n) is 5.00. The van der Waals surface area contributed by atoms with Crippen molar-refractivity contribution >= 4 is 17.0 Å². The number of aliphatic hydroxyl groups is 1. The van der Waals surface area contributed by atoms with Gasteiger partial charge in [0.25, 0.3) is 11.1 Å². The van der Waals surface area contributed by atoms with Crippen LogP contribution < -0.4 is 16.8 Å². The van der Waals surface area contributed by atoms with E-state index in [-0.39, 0.29) is 23.2 Å². The van der Waals surface area contributed by atoms with Crippen LogP contribution in [0, 0.1) is 0 Å². The largest absolute Gasteiger partial charge is 0.462 e. The first kappa shape index (κ1) is 20.5. The third-order valence-corrected chi connectivity index (χ3v) is 5.00. The summed E-state index contributed by atoms with van der Waals surface area (Å²) in [6, 6.07) is 1.06. The van der Waals surface area contributed by atoms with Gasteiger partial charge in [-0.3, -0.25) is 14.6 Å². The SMILES string of the molecule is CCOC(=O)c1cc2c(=O)[nH]c(=O)n(C3O[C@H](CO)[C@H]4OC(C)(C)O[C@@H]34)c2[nH]c1=O. The molecular weight excluding hydrogens is 402 g/mol. The molecule has 0 saturated carbocycles. The van der Waals surface area contributed by atoms with Crippen molar-refractivity contribution in [2.24, 2.45) is 0 Å². The summed E-state index contributed by atoms with van der Waals surface area (Å²) in [6.07, 6.45) is -3.36. The number of aliphatic hydroxyl groups excluding tert-OH is 1. The number of H-pyrrole nitrogens is 2. The van der Waals surface area contributed by atoms with Crippen molar-refractivity contribution in [2.75, 3.05) is 13.2 Å². The van der Waals surface area contributed by atoms with E-state index in [0.29, 0.717) is 0 Å². The molecule has 2 aliphatic heterocycles. The molecule has 2 fully saturated rings. The summed E-state index contributed by atoms with van der Waals surface area (Å²) in [4.78, 5) is 54.1. The Morgan fingerprint density at radius 2 is 1.90 bits per heavy atom. The van der Waals surface area contributed by atoms with Gasteiger partial charge in [0.2, 0.25) is 0 Å². The quantitative estimate of drug-likeness (QED) is 0.522. The van der Waals surface area contributed by atoms with Crippen LogP contribution >= 0.6 is 0 Å². The van der Waals surface area contributed by atoms with Crippen molar-refractivity contribution in [3.05, 3.63) is 42.8 Å². The second-order valence-electron chi connectivity index (χ2n) is 7.44. The van der Waals surface area contributed by atoms with Crippen molar-refractivity contribution in [1.82, 2.24) is 14.5 Å². The third kappa shape index (κ3) is 3.17. The van der Waals surface area contributed by atoms with Gasteiger partial charge in [-0.15, -0.1) is 0 Å². The van der Waals surface area contributed by atoms with Crippen LogP contribution in [0.3, 0.4) is 0 Å². The van der Waals surface area contributed by atoms with Crippen molar-refractivity contribution in [1.29, 1.82) is 0 Å². The summed E-state index contributed by atoms with van der Waals surface area (Å²) in [5.41, 5.74) is -3.03. The van der Waals surface area contributed by atoms with Crippen LogP contribution in [0.2, 0.25) is 0 Å². The van der Waals surface area contributed by atoms with Gasteiger partial charge in [0, 0.05) is 0 Å². The van der Waals surface area contributed by atoms with Gasteiger partial charge < -0.3 is 29.0 Å². The first-order valence-corrected chi connectivity index (χ1v) is 9.37. The van der Waals surface area contributed by atoms with Crippen LogP contribution in [0.4, 0.5) is 0 Å². The molecule has 12 nitrogen and oxygen atoms in total. The lowest BCUT2D eigenvalue weighted by Crippen LogP contribution is -2.39. The molecule has 0 spiro atoms. The molecule has 2 aromatic heterocycles. The number of hydrogen-bond acceptors (Lipinski definition) is 9. The highest BCUT2D eigenvalue weighted by Gasteiger charge is 2.56. The summed E-state index contributed by atoms with van der Waals surface area (Å²) < 4.78 is 23.3. The fraction of sp³-hybridized carbons (Fsp3) is 0.556. The van der Waals surface area contributed by atoms with E-state index in [4.69, 9.17) is 18.9 Å². The summed E-state index contributed by atoms with van der Waals surface area (Å²) in [5.74, 6) is -1.89. The van der Waals surface area contributed by atoms with Crippen LogP contribution in [0.1, 0.15) is 37.4 Å². The van der Waals surface area contributed by atoms with E-state index >= 15 is 0 Å². The van der Waals surface area contributed by atoms with Gasteiger partial charge in [-0.1, -0.05) is 0 Å². The van der Waals surface area contributed by atoms with Gasteiger partial charge in [-0.25, -0.2) is 14.2 Å². The molecule has 12 heteroatoms. The number of aromatic amines is 2. The highest BCUT2D eigenvalue weighted by atomic mass is 16.8. The Balaban J connectivity index is 1.90. The molecule has 1 unspecified atom stereocenters. The smallest absolute Gasteiger partial charge is 0.343 e. The molecule has 2 saturated heterocycles. The lowest BCUT2D eigenvalue weighted by molar-refractivity contribution is -0.200. The fourth-order valence-electron chi connectivity index (χ4n) is 3.83. The lowest BCUT2D eigenvalue weighted by Gasteiger charge is -2.25. The summed E-state index contributed by atoms with van der Waals surface area (Å²) >= 11 is 0. The lowest BCUT2D eigenvalue weighted by atomic mass is 10.1. The van der Waals surface area contributed by atoms with Crippen molar-refractivity contribution in [3.8, 4) is 0 Å². The average molecular weight is 423 g/mol. The molecule has 4 atom stereocenters. The molecule has 3 N–H and O–H groups in total. The molecule has 0 aromatic carbocycles. The number of fused-ring (bicyclic) bond motifs is 2. The molecule has 0 aliphatic carbocycles. The first-order valence-electron chi connectivity index (χ1n) is 9.37. The molecule has 0 radical (unpaired) electrons. The number of ether oxygens (including phenoxy) is 4. The molecule has 4 heterocycles. The Kier molecular flexibility index (Phi) is 4.89. The van der Waals surface area contributed by atoms with E-state index in [1.807, 2.05) is 0 Å². The molecule has 0 amide bonds. The number of pyridine rings is 1. The van der Waals surface area contributed by atoms with Gasteiger partial charge in [-0.05, 0) is 26.8 Å². The van der Waals surface area contributed by atoms with E-state index in [1.165, 1.54) is 0 Å². The predicted octanol–water partition coefficient (Wildman–Crippen LogP) is -1.04. The molecule has 30 heavy (non-hydrogen) atoms. The second kappa shape index (κ2) is 7.16. The standard InChI is InChI=1S/C18H21N3O9/c1-4-27-16(25)8-5-7-12(19-14(8)24)21(17(26)20-13(7)23)15-11-10(9(6-22)28-15)29-18(2,3)30-11/h5,9-11,15,22H,4,6H2,1-3H3,(H,19,24)(H,20,23,26)/t9-,10-,11-,15?/m1/s1. The number of hydrogen-bond donors (Lipinski definition) is 3. The molecule has 162 valence electrons. The molecular formula is C18H21N3O9. The van der Waals surface area contributed by atoms with Crippen molar-refractivity contribution in [2.45, 2.75) is 51.1 Å². The van der Waals surface area contributed by atoms with Gasteiger partial charge in [0.15, 0.2) is 12.0 Å². The zero-order chi connectivity index (χ0) is 21.8. The minimum Gasteiger partial charge on any atom is -0.462 e. The topological polar surface area (TPSA) is 162 Å². The van der Waals surface area contributed by atoms with E-state index in [2.05, 4.69) is 9.97 Å². The first-order chi connectivity index (χ1) is 14.2. The summed E-state index contributed by atoms with van der Waals surface area (Å²) in [6.45, 7) is 4.59. The normalized spacial score (nSPS) is 27.3. The van der Waals surface area contributed by atoms with Crippen molar-refractivity contribution in [3.63, 3.8) is 0 Å². The zero-order valence-electron chi connectivity index (χ0n) is 16.5. The predicted molar refractivity (Wildman–Crippen MR) is 100 cm³/mol. The number of esters is 1. The number of carbonyl (C=O) groups is 1. The maximum absolute atomic E-state index is 12.7. The van der Waals surface area contributed by atoms with Gasteiger partial charge in [0.1, 0.15) is 29.5 Å². The van der Waals surface area contributed by atoms with Gasteiger partial charge in [0.05, 0.1) is 18.6 Å². The van der Waals surface area contributed by atoms with Crippen LogP contribution in [-0.2, 0) is 18.9 Å². The monoisotopic (exact) mass is 423 g/mol. The van der Waals surface area contributed by atoms with Crippen LogP contribution in [0.25, 0.3) is 11.0 Å². The average Bonchev–Trinajstić information content (AvgIpc) is 3.14. The highest BCUT2D eigenvalue weighted by Crippen LogP contribution is 2.42. The van der Waals surface area contributed by atoms with Gasteiger partial charge >= 0.3 is 11.7 Å². The number of carbonyl (C=O) groups excluding carboxylic acids is 1. The Bertz CT molecular complexity index is 1180. The van der Waals surface area contributed by atoms with Gasteiger partial charge in [-0.2, -0.15) is 0 Å². The molecule has 4 rings (SSSR count). The molecule has 2 aromatic rings. The Hall–Kier alpha value is -2.80. The fourth-order valence-corrected chi connectivity index (χ4v) is 3.83. The molecule has 0 bridgehead atoms. The number of aromatic nitrogens is 3. The Morgan fingerprint density at radius 1 is 1.20 bits per heavy atom. The highest BCUT2D eigenvalue weighted by molar-refractivity contribution is 5.92. The minimum atomic E-state index is -1.11. The Morgan fingerprint density at radius 3 is 2.57 bits per heavy atom. The molecule has 2 aliphatic rings. The van der Waals surface area contributed by atoms with E-state index < -0.39 is 59.7 Å². The second-order valence-corrected chi connectivity index (χ2v) is 7.44. The van der Waals surface area contributed by atoms with E-state index in [1.54, 1.807) is 20.8 Å². The van der Waals surface area contributed by atoms with Crippen LogP contribution in [-0.4, -0.2) is 62.9 Å². The zero-order valence-corrected chi connectivity index (χ0v) is 16.5. The summed E-state index contributed by atoms with van der Waals surface area (Å²) in [7, 11) is 0.